The Labute approximate surface area is 169 Å². The van der Waals surface area contributed by atoms with E-state index < -0.39 is 17.9 Å². The van der Waals surface area contributed by atoms with Crippen LogP contribution in [0.4, 0.5) is 4.79 Å². The SMILES string of the molecule is NC(=O)N1CCC[C@H](C(=O)NNC(=O)c2ccc(COc3ccccc3)cc2)C1. The van der Waals surface area contributed by atoms with Crippen molar-refractivity contribution in [2.75, 3.05) is 13.1 Å². The fraction of sp³-hybridized carbons (Fsp3) is 0.286. The molecule has 0 radical (unpaired) electrons. The van der Waals surface area contributed by atoms with E-state index >= 15 is 0 Å². The fourth-order valence-corrected chi connectivity index (χ4v) is 3.12. The third-order valence-electron chi connectivity index (χ3n) is 4.77. The molecule has 2 aromatic rings. The number of nitrogens with two attached hydrogens (primary N) is 1. The third kappa shape index (κ3) is 5.71. The molecule has 4 amide bonds. The van der Waals surface area contributed by atoms with Crippen molar-refractivity contribution in [1.82, 2.24) is 15.8 Å². The van der Waals surface area contributed by atoms with Crippen LogP contribution in [0.3, 0.4) is 0 Å². The lowest BCUT2D eigenvalue weighted by Gasteiger charge is -2.30. The minimum atomic E-state index is -0.539. The van der Waals surface area contributed by atoms with Gasteiger partial charge in [-0.2, -0.15) is 0 Å². The summed E-state index contributed by atoms with van der Waals surface area (Å²) >= 11 is 0. The van der Waals surface area contributed by atoms with Crippen LogP contribution in [0.15, 0.2) is 54.6 Å². The first-order valence-corrected chi connectivity index (χ1v) is 9.44. The molecule has 0 saturated carbocycles. The van der Waals surface area contributed by atoms with Gasteiger partial charge in [-0.3, -0.25) is 20.4 Å². The quantitative estimate of drug-likeness (QED) is 0.669. The number of amides is 4. The van der Waals surface area contributed by atoms with Gasteiger partial charge in [0.25, 0.3) is 5.91 Å². The van der Waals surface area contributed by atoms with Crippen molar-refractivity contribution < 1.29 is 19.1 Å². The largest absolute Gasteiger partial charge is 0.489 e. The Bertz CT molecular complexity index is 855. The summed E-state index contributed by atoms with van der Waals surface area (Å²) < 4.78 is 5.67. The van der Waals surface area contributed by atoms with E-state index in [4.69, 9.17) is 10.5 Å². The van der Waals surface area contributed by atoms with Crippen molar-refractivity contribution in [1.29, 1.82) is 0 Å². The Kier molecular flexibility index (Phi) is 6.67. The van der Waals surface area contributed by atoms with Crippen LogP contribution in [0.1, 0.15) is 28.8 Å². The number of primary amides is 1. The molecule has 2 aromatic carbocycles. The van der Waals surface area contributed by atoms with Crippen LogP contribution < -0.4 is 21.3 Å². The van der Waals surface area contributed by atoms with E-state index in [9.17, 15) is 14.4 Å². The zero-order valence-corrected chi connectivity index (χ0v) is 16.0. The topological polar surface area (TPSA) is 114 Å². The molecule has 0 unspecified atom stereocenters. The van der Waals surface area contributed by atoms with E-state index in [-0.39, 0.29) is 12.5 Å². The molecule has 3 rings (SSSR count). The van der Waals surface area contributed by atoms with Crippen LogP contribution in [0.5, 0.6) is 5.75 Å². The van der Waals surface area contributed by atoms with Gasteiger partial charge in [-0.15, -0.1) is 0 Å². The number of nitrogens with one attached hydrogen (secondary N) is 2. The number of likely N-dealkylation sites (tertiary alicyclic amines) is 1. The van der Waals surface area contributed by atoms with E-state index in [0.717, 1.165) is 11.3 Å². The van der Waals surface area contributed by atoms with Crippen LogP contribution in [-0.4, -0.2) is 35.8 Å². The number of piperidine rings is 1. The van der Waals surface area contributed by atoms with Crippen LogP contribution in [0, 0.1) is 5.92 Å². The zero-order chi connectivity index (χ0) is 20.6. The second-order valence-corrected chi connectivity index (χ2v) is 6.87. The lowest BCUT2D eigenvalue weighted by Crippen LogP contribution is -2.50. The normalized spacial score (nSPS) is 16.0. The van der Waals surface area contributed by atoms with Crippen LogP contribution in [0.25, 0.3) is 0 Å². The molecule has 8 nitrogen and oxygen atoms in total. The highest BCUT2D eigenvalue weighted by Crippen LogP contribution is 2.16. The van der Waals surface area contributed by atoms with E-state index in [1.165, 1.54) is 4.90 Å². The van der Waals surface area contributed by atoms with E-state index in [0.29, 0.717) is 31.6 Å². The van der Waals surface area contributed by atoms with E-state index in [1.807, 2.05) is 30.3 Å². The zero-order valence-electron chi connectivity index (χ0n) is 16.0. The number of nitrogens with zero attached hydrogens (tertiary/aromatic N) is 1. The molecule has 29 heavy (non-hydrogen) atoms. The Morgan fingerprint density at radius 2 is 1.76 bits per heavy atom. The number of rotatable bonds is 5. The first-order valence-electron chi connectivity index (χ1n) is 9.44. The minimum absolute atomic E-state index is 0.257. The third-order valence-corrected chi connectivity index (χ3v) is 4.77. The fourth-order valence-electron chi connectivity index (χ4n) is 3.12. The molecule has 1 saturated heterocycles. The average molecular weight is 396 g/mol. The maximum absolute atomic E-state index is 12.3. The number of ether oxygens (including phenoxy) is 1. The van der Waals surface area contributed by atoms with Crippen molar-refractivity contribution >= 4 is 17.8 Å². The van der Waals surface area contributed by atoms with Gasteiger partial charge in [0.05, 0.1) is 5.92 Å². The first kappa shape index (κ1) is 20.2. The molecule has 0 spiro atoms. The second kappa shape index (κ2) is 9.59. The van der Waals surface area contributed by atoms with Gasteiger partial charge in [-0.1, -0.05) is 30.3 Å². The van der Waals surface area contributed by atoms with Gasteiger partial charge in [0.1, 0.15) is 12.4 Å². The molecule has 1 fully saturated rings. The molecule has 1 aliphatic rings. The summed E-state index contributed by atoms with van der Waals surface area (Å²) in [6, 6.07) is 15.9. The predicted molar refractivity (Wildman–Crippen MR) is 107 cm³/mol. The number of hydrogen-bond acceptors (Lipinski definition) is 4. The van der Waals surface area contributed by atoms with Crippen LogP contribution in [-0.2, 0) is 11.4 Å². The highest BCUT2D eigenvalue weighted by molar-refractivity contribution is 5.95. The predicted octanol–water partition coefficient (Wildman–Crippen LogP) is 1.82. The Hall–Kier alpha value is -3.55. The molecule has 1 heterocycles. The smallest absolute Gasteiger partial charge is 0.314 e. The molecule has 152 valence electrons. The average Bonchev–Trinajstić information content (AvgIpc) is 2.77. The summed E-state index contributed by atoms with van der Waals surface area (Å²) in [5, 5.41) is 0. The van der Waals surface area contributed by atoms with Crippen LogP contribution >= 0.6 is 0 Å². The van der Waals surface area contributed by atoms with Crippen molar-refractivity contribution in [2.24, 2.45) is 11.7 Å². The van der Waals surface area contributed by atoms with Crippen LogP contribution in [0.2, 0.25) is 0 Å². The monoisotopic (exact) mass is 396 g/mol. The van der Waals surface area contributed by atoms with Crippen molar-refractivity contribution in [2.45, 2.75) is 19.4 Å². The molecule has 0 aliphatic carbocycles. The van der Waals surface area contributed by atoms with E-state index in [2.05, 4.69) is 10.9 Å². The number of urea groups is 1. The van der Waals surface area contributed by atoms with Crippen molar-refractivity contribution in [3.63, 3.8) is 0 Å². The number of hydrogen-bond donors (Lipinski definition) is 3. The highest BCUT2D eigenvalue weighted by atomic mass is 16.5. The van der Waals surface area contributed by atoms with Crippen molar-refractivity contribution in [3.8, 4) is 5.75 Å². The molecular formula is C21H24N4O4. The molecule has 1 atom stereocenters. The lowest BCUT2D eigenvalue weighted by molar-refractivity contribution is -0.127. The maximum atomic E-state index is 12.3. The first-order chi connectivity index (χ1) is 14.0. The molecule has 0 bridgehead atoms. The summed E-state index contributed by atoms with van der Waals surface area (Å²) in [5.74, 6) is -0.377. The number of carbonyl (C=O) groups is 3. The van der Waals surface area contributed by atoms with Gasteiger partial charge in [0.2, 0.25) is 5.91 Å². The number of carbonyl (C=O) groups excluding carboxylic acids is 3. The summed E-state index contributed by atoms with van der Waals surface area (Å²) in [6.07, 6.45) is 1.34. The van der Waals surface area contributed by atoms with Crippen molar-refractivity contribution in [3.05, 3.63) is 65.7 Å². The maximum Gasteiger partial charge on any atom is 0.314 e. The summed E-state index contributed by atoms with van der Waals surface area (Å²) in [7, 11) is 0. The van der Waals surface area contributed by atoms with Gasteiger partial charge < -0.3 is 15.4 Å². The van der Waals surface area contributed by atoms with Gasteiger partial charge in [0, 0.05) is 18.7 Å². The molecule has 1 aliphatic heterocycles. The van der Waals surface area contributed by atoms with Gasteiger partial charge in [-0.05, 0) is 42.7 Å². The minimum Gasteiger partial charge on any atom is -0.489 e. The van der Waals surface area contributed by atoms with Gasteiger partial charge >= 0.3 is 6.03 Å². The summed E-state index contributed by atoms with van der Waals surface area (Å²) in [5.41, 5.74) is 11.4. The summed E-state index contributed by atoms with van der Waals surface area (Å²) in [4.78, 5) is 37.2. The second-order valence-electron chi connectivity index (χ2n) is 6.87. The molecular weight excluding hydrogens is 372 g/mol. The standard InChI is InChI=1S/C21H24N4O4/c22-21(28)25-12-4-5-17(13-25)20(27)24-23-19(26)16-10-8-15(9-11-16)14-29-18-6-2-1-3-7-18/h1-3,6-11,17H,4-5,12-14H2,(H2,22,28)(H,23,26)(H,24,27)/t17-/m0/s1. The highest BCUT2D eigenvalue weighted by Gasteiger charge is 2.27. The molecule has 8 heteroatoms. The number of para-hydroxylation sites is 1. The Morgan fingerprint density at radius 1 is 1.03 bits per heavy atom. The Morgan fingerprint density at radius 3 is 2.45 bits per heavy atom. The Balaban J connectivity index is 1.46. The number of hydrazine groups is 1. The van der Waals surface area contributed by atoms with E-state index in [1.54, 1.807) is 24.3 Å². The molecule has 0 aromatic heterocycles. The van der Waals surface area contributed by atoms with Gasteiger partial charge in [-0.25, -0.2) is 4.79 Å². The van der Waals surface area contributed by atoms with Gasteiger partial charge in [0.15, 0.2) is 0 Å². The summed E-state index contributed by atoms with van der Waals surface area (Å²) in [6.45, 7) is 1.19. The number of benzene rings is 2. The molecule has 4 N–H and O–H groups in total. The lowest BCUT2D eigenvalue weighted by atomic mass is 9.98.